The fourth-order valence-corrected chi connectivity index (χ4v) is 13.3. The van der Waals surface area contributed by atoms with Crippen molar-refractivity contribution in [2.24, 2.45) is 17.8 Å². The lowest BCUT2D eigenvalue weighted by Crippen LogP contribution is -2.30. The predicted octanol–water partition coefficient (Wildman–Crippen LogP) is 23.3. The molecule has 0 aromatic carbocycles. The van der Waals surface area contributed by atoms with Crippen LogP contribution in [0.2, 0.25) is 0 Å². The summed E-state index contributed by atoms with van der Waals surface area (Å²) in [6.07, 6.45) is 60.6. The number of phosphoric ester groups is 2. The second-order valence-electron chi connectivity index (χ2n) is 29.3. The molecule has 6 atom stereocenters. The summed E-state index contributed by atoms with van der Waals surface area (Å²) in [6, 6.07) is 0. The van der Waals surface area contributed by atoms with Gasteiger partial charge in [-0.3, -0.25) is 37.3 Å². The van der Waals surface area contributed by atoms with E-state index in [-0.39, 0.29) is 25.7 Å². The second-order valence-corrected chi connectivity index (χ2v) is 32.2. The molecule has 19 heteroatoms. The fraction of sp³-hybridized carbons (Fsp3) is 0.900. The molecular formula is C80H152O17P2. The number of hydrogen-bond donors (Lipinski definition) is 3. The van der Waals surface area contributed by atoms with E-state index in [1.165, 1.54) is 180 Å². The van der Waals surface area contributed by atoms with Crippen LogP contribution in [-0.2, 0) is 65.4 Å². The summed E-state index contributed by atoms with van der Waals surface area (Å²) in [5.74, 6) is 0.168. The van der Waals surface area contributed by atoms with Gasteiger partial charge in [0.25, 0.3) is 0 Å². The SMILES string of the molecule is CCCCCC/C=C\C=C/CCCCCCCC(=O)O[C@H](COC(=O)CCCCCCCCCCCC(C)C)COP(=O)(O)OCC(O)COP(=O)(O)OC[C@@H](COC(=O)CCCCCCCCCC(C)C)OC(=O)CCCCCCCCCCCCCCCCCCCCC(C)CC. The number of allylic oxidation sites excluding steroid dienone is 4. The minimum absolute atomic E-state index is 0.0844. The molecule has 0 rings (SSSR count). The molecule has 0 saturated carbocycles. The number of aliphatic hydroxyl groups excluding tert-OH is 1. The Morgan fingerprint density at radius 1 is 0.333 bits per heavy atom. The van der Waals surface area contributed by atoms with E-state index in [0.29, 0.717) is 31.6 Å². The van der Waals surface area contributed by atoms with Gasteiger partial charge in [-0.2, -0.15) is 0 Å². The number of ether oxygens (including phenoxy) is 4. The van der Waals surface area contributed by atoms with Gasteiger partial charge in [-0.15, -0.1) is 0 Å². The molecule has 0 bridgehead atoms. The summed E-state index contributed by atoms with van der Waals surface area (Å²) in [5.41, 5.74) is 0. The monoisotopic (exact) mass is 1450 g/mol. The summed E-state index contributed by atoms with van der Waals surface area (Å²) in [5, 5.41) is 10.6. The molecule has 0 aliphatic rings. The van der Waals surface area contributed by atoms with Gasteiger partial charge in [-0.05, 0) is 69.1 Å². The lowest BCUT2D eigenvalue weighted by atomic mass is 9.99. The van der Waals surface area contributed by atoms with Gasteiger partial charge in [0, 0.05) is 25.7 Å². The molecule has 17 nitrogen and oxygen atoms in total. The predicted molar refractivity (Wildman–Crippen MR) is 404 cm³/mol. The van der Waals surface area contributed by atoms with Crippen molar-refractivity contribution < 1.29 is 80.2 Å². The van der Waals surface area contributed by atoms with Crippen LogP contribution < -0.4 is 0 Å². The Morgan fingerprint density at radius 2 is 0.596 bits per heavy atom. The van der Waals surface area contributed by atoms with Crippen LogP contribution in [0.5, 0.6) is 0 Å². The van der Waals surface area contributed by atoms with Crippen LogP contribution in [0.4, 0.5) is 0 Å². The average Bonchev–Trinajstić information content (AvgIpc) is 1.12. The highest BCUT2D eigenvalue weighted by Crippen LogP contribution is 2.45. The summed E-state index contributed by atoms with van der Waals surface area (Å²) < 4.78 is 68.6. The largest absolute Gasteiger partial charge is 0.472 e. The van der Waals surface area contributed by atoms with Crippen molar-refractivity contribution in [1.82, 2.24) is 0 Å². The van der Waals surface area contributed by atoms with Gasteiger partial charge >= 0.3 is 39.5 Å². The van der Waals surface area contributed by atoms with E-state index in [2.05, 4.69) is 72.8 Å². The molecular weight excluding hydrogens is 1290 g/mol. The van der Waals surface area contributed by atoms with E-state index in [9.17, 15) is 43.2 Å². The van der Waals surface area contributed by atoms with Crippen molar-refractivity contribution in [2.75, 3.05) is 39.6 Å². The van der Waals surface area contributed by atoms with Crippen molar-refractivity contribution in [3.63, 3.8) is 0 Å². The maximum atomic E-state index is 13.1. The van der Waals surface area contributed by atoms with E-state index >= 15 is 0 Å². The Bertz CT molecular complexity index is 2020. The topological polar surface area (TPSA) is 237 Å². The van der Waals surface area contributed by atoms with Gasteiger partial charge in [0.1, 0.15) is 19.3 Å². The van der Waals surface area contributed by atoms with Crippen LogP contribution in [0.25, 0.3) is 0 Å². The zero-order chi connectivity index (χ0) is 73.0. The smallest absolute Gasteiger partial charge is 0.462 e. The number of rotatable bonds is 76. The second kappa shape index (κ2) is 69.9. The van der Waals surface area contributed by atoms with Crippen LogP contribution in [-0.4, -0.2) is 96.7 Å². The van der Waals surface area contributed by atoms with Crippen molar-refractivity contribution in [1.29, 1.82) is 0 Å². The molecule has 0 saturated heterocycles. The van der Waals surface area contributed by atoms with Crippen LogP contribution in [0.1, 0.15) is 389 Å². The fourth-order valence-electron chi connectivity index (χ4n) is 11.7. The van der Waals surface area contributed by atoms with E-state index in [1.54, 1.807) is 0 Å². The molecule has 0 spiro atoms. The third-order valence-electron chi connectivity index (χ3n) is 18.4. The maximum absolute atomic E-state index is 13.1. The first-order valence-electron chi connectivity index (χ1n) is 40.7. The number of carbonyl (C=O) groups excluding carboxylic acids is 4. The van der Waals surface area contributed by atoms with Crippen molar-refractivity contribution in [3.8, 4) is 0 Å². The van der Waals surface area contributed by atoms with E-state index in [1.807, 2.05) is 0 Å². The quantitative estimate of drug-likeness (QED) is 0.0169. The number of hydrogen-bond acceptors (Lipinski definition) is 15. The number of phosphoric acid groups is 2. The van der Waals surface area contributed by atoms with Gasteiger partial charge < -0.3 is 33.8 Å². The van der Waals surface area contributed by atoms with Crippen LogP contribution in [0.15, 0.2) is 24.3 Å². The summed E-state index contributed by atoms with van der Waals surface area (Å²) in [4.78, 5) is 72.9. The minimum atomic E-state index is -4.97. The van der Waals surface area contributed by atoms with Crippen molar-refractivity contribution in [3.05, 3.63) is 24.3 Å². The summed E-state index contributed by atoms with van der Waals surface area (Å²) in [6.45, 7) is 11.8. The summed E-state index contributed by atoms with van der Waals surface area (Å²) >= 11 is 0. The Kier molecular flexibility index (Phi) is 68.1. The number of unbranched alkanes of at least 4 members (excludes halogenated alkanes) is 40. The molecule has 3 N–H and O–H groups in total. The van der Waals surface area contributed by atoms with Crippen molar-refractivity contribution >= 4 is 39.5 Å². The van der Waals surface area contributed by atoms with Crippen LogP contribution in [0.3, 0.4) is 0 Å². The third-order valence-corrected chi connectivity index (χ3v) is 20.3. The molecule has 0 amide bonds. The molecule has 0 aromatic rings. The normalized spacial score (nSPS) is 14.4. The lowest BCUT2D eigenvalue weighted by Gasteiger charge is -2.21. The number of esters is 4. The van der Waals surface area contributed by atoms with E-state index < -0.39 is 97.5 Å². The highest BCUT2D eigenvalue weighted by molar-refractivity contribution is 7.47. The van der Waals surface area contributed by atoms with Gasteiger partial charge in [-0.1, -0.05) is 336 Å². The van der Waals surface area contributed by atoms with Crippen molar-refractivity contribution in [2.45, 2.75) is 407 Å². The first-order chi connectivity index (χ1) is 47.8. The van der Waals surface area contributed by atoms with E-state index in [0.717, 1.165) is 121 Å². The number of carbonyl (C=O) groups is 4. The Morgan fingerprint density at radius 3 is 0.899 bits per heavy atom. The summed E-state index contributed by atoms with van der Waals surface area (Å²) in [7, 11) is -9.93. The van der Waals surface area contributed by atoms with E-state index in [4.69, 9.17) is 37.0 Å². The van der Waals surface area contributed by atoms with Gasteiger partial charge in [0.15, 0.2) is 12.2 Å². The molecule has 0 aliphatic heterocycles. The molecule has 0 radical (unpaired) electrons. The standard InChI is InChI=1S/C80H152O17P2/c1-8-10-11-12-13-14-15-16-21-25-28-33-41-49-56-63-79(84)96-75(67-90-77(82)61-54-47-40-35-30-31-37-44-51-58-71(3)4)69-94-98(86,87)92-65-74(81)66-93-99(88,89)95-70-76(68-91-78(83)62-55-48-43-36-38-45-52-59-72(5)6)97-80(85)64-57-50-42-34-29-26-23-20-18-17-19-22-24-27-32-39-46-53-60-73(7)9-2/h14-16,21,71-76,81H,8-13,17-20,22-70H2,1-7H3,(H,86,87)(H,88,89)/b15-14-,21-16-/t73?,74?,75-,76-/m1/s1. The molecule has 0 heterocycles. The third kappa shape index (κ3) is 72.3. The molecule has 4 unspecified atom stereocenters. The van der Waals surface area contributed by atoms with Gasteiger partial charge in [0.05, 0.1) is 26.4 Å². The lowest BCUT2D eigenvalue weighted by molar-refractivity contribution is -0.161. The minimum Gasteiger partial charge on any atom is -0.462 e. The molecule has 584 valence electrons. The Hall–Kier alpha value is -2.46. The first kappa shape index (κ1) is 96.5. The maximum Gasteiger partial charge on any atom is 0.472 e. The highest BCUT2D eigenvalue weighted by Gasteiger charge is 2.30. The molecule has 0 aromatic heterocycles. The van der Waals surface area contributed by atoms with Crippen LogP contribution in [0, 0.1) is 17.8 Å². The van der Waals surface area contributed by atoms with Crippen LogP contribution >= 0.6 is 15.6 Å². The first-order valence-corrected chi connectivity index (χ1v) is 43.7. The van der Waals surface area contributed by atoms with Gasteiger partial charge in [-0.25, -0.2) is 9.13 Å². The molecule has 0 aliphatic carbocycles. The Balaban J connectivity index is 5.22. The Labute approximate surface area is 605 Å². The molecule has 99 heavy (non-hydrogen) atoms. The molecule has 0 fully saturated rings. The zero-order valence-electron chi connectivity index (χ0n) is 64.4. The van der Waals surface area contributed by atoms with Gasteiger partial charge in [0.2, 0.25) is 0 Å². The zero-order valence-corrected chi connectivity index (χ0v) is 66.2. The average molecular weight is 1450 g/mol. The number of aliphatic hydroxyl groups is 1. The highest BCUT2D eigenvalue weighted by atomic mass is 31.2.